The summed E-state index contributed by atoms with van der Waals surface area (Å²) in [6.07, 6.45) is 0.576. The van der Waals surface area contributed by atoms with Crippen molar-refractivity contribution >= 4 is 18.3 Å². The SMILES string of the molecule is [N-]=[N+]=CC(=O)C=O. The third-order valence-electron chi connectivity index (χ3n) is 0.301. The zero-order valence-corrected chi connectivity index (χ0v) is 3.37. The molecular weight excluding hydrogens is 96.0 g/mol. The smallest absolute Gasteiger partial charge is 0.330 e. The number of ketones is 1. The quantitative estimate of drug-likeness (QED) is 0.147. The van der Waals surface area contributed by atoms with Crippen LogP contribution in [0.3, 0.4) is 0 Å². The maximum atomic E-state index is 9.73. The summed E-state index contributed by atoms with van der Waals surface area (Å²) in [4.78, 5) is 21.4. The number of hydrogen-bond acceptors (Lipinski definition) is 2. The van der Waals surface area contributed by atoms with Gasteiger partial charge in [-0.25, -0.2) is 0 Å². The lowest BCUT2D eigenvalue weighted by Gasteiger charge is -1.56. The molecule has 0 aliphatic carbocycles. The first-order valence-electron chi connectivity index (χ1n) is 1.48. The second-order valence-electron chi connectivity index (χ2n) is 0.765. The van der Waals surface area contributed by atoms with Gasteiger partial charge in [-0.05, 0) is 0 Å². The fourth-order valence-electron chi connectivity index (χ4n) is 0.0873. The van der Waals surface area contributed by atoms with Gasteiger partial charge in [-0.15, -0.1) is 0 Å². The van der Waals surface area contributed by atoms with Gasteiger partial charge in [0.2, 0.25) is 0 Å². The highest BCUT2D eigenvalue weighted by Crippen LogP contribution is 1.46. The highest BCUT2D eigenvalue weighted by atomic mass is 16.2. The van der Waals surface area contributed by atoms with Crippen LogP contribution in [0.25, 0.3) is 5.53 Å². The van der Waals surface area contributed by atoms with Crippen LogP contribution in [0.15, 0.2) is 0 Å². The molecule has 0 saturated heterocycles. The number of nitrogens with zero attached hydrogens (tertiary/aromatic N) is 2. The number of rotatable bonds is 2. The van der Waals surface area contributed by atoms with E-state index in [9.17, 15) is 9.59 Å². The van der Waals surface area contributed by atoms with E-state index < -0.39 is 5.78 Å². The predicted molar refractivity (Wildman–Crippen MR) is 20.8 cm³/mol. The molecule has 0 aromatic carbocycles. The van der Waals surface area contributed by atoms with Crippen molar-refractivity contribution < 1.29 is 14.4 Å². The number of carbonyl (C=O) groups is 2. The molecule has 4 heteroatoms. The summed E-state index contributed by atoms with van der Waals surface area (Å²) in [5, 5.41) is 0. The first kappa shape index (κ1) is 5.72. The molecule has 0 fully saturated rings. The van der Waals surface area contributed by atoms with Gasteiger partial charge in [0.15, 0.2) is 6.29 Å². The molecule has 0 bridgehead atoms. The topological polar surface area (TPSA) is 70.5 Å². The minimum atomic E-state index is -0.845. The Balaban J connectivity index is 3.82. The van der Waals surface area contributed by atoms with Crippen molar-refractivity contribution in [2.75, 3.05) is 0 Å². The Morgan fingerprint density at radius 3 is 2.43 bits per heavy atom. The van der Waals surface area contributed by atoms with Crippen LogP contribution in [0, 0.1) is 0 Å². The van der Waals surface area contributed by atoms with Crippen molar-refractivity contribution in [3.05, 3.63) is 5.53 Å². The molecule has 0 amide bonds. The molecule has 36 valence electrons. The Kier molecular flexibility index (Phi) is 2.40. The summed E-state index contributed by atoms with van der Waals surface area (Å²) in [7, 11) is 0. The van der Waals surface area contributed by atoms with E-state index in [2.05, 4.69) is 4.79 Å². The number of carbonyl (C=O) groups excluding carboxylic acids is 2. The molecule has 0 unspecified atom stereocenters. The lowest BCUT2D eigenvalue weighted by atomic mass is 10.5. The summed E-state index contributed by atoms with van der Waals surface area (Å²) in [5.41, 5.74) is 7.56. The van der Waals surface area contributed by atoms with E-state index in [1.165, 1.54) is 0 Å². The van der Waals surface area contributed by atoms with Crippen LogP contribution < -0.4 is 0 Å². The summed E-state index contributed by atoms with van der Waals surface area (Å²) in [5.74, 6) is -0.845. The Hall–Kier alpha value is -1.28. The average molecular weight is 98.1 g/mol. The number of hydrogen-bond donors (Lipinski definition) is 0. The van der Waals surface area contributed by atoms with Crippen LogP contribution in [0.5, 0.6) is 0 Å². The van der Waals surface area contributed by atoms with Crippen molar-refractivity contribution in [2.24, 2.45) is 0 Å². The van der Waals surface area contributed by atoms with Gasteiger partial charge in [0, 0.05) is 0 Å². The van der Waals surface area contributed by atoms with Crippen LogP contribution >= 0.6 is 0 Å². The van der Waals surface area contributed by atoms with Gasteiger partial charge in [-0.2, -0.15) is 4.79 Å². The van der Waals surface area contributed by atoms with Crippen LogP contribution in [-0.2, 0) is 9.59 Å². The molecule has 0 spiro atoms. The van der Waals surface area contributed by atoms with Crippen molar-refractivity contribution in [2.45, 2.75) is 0 Å². The van der Waals surface area contributed by atoms with Gasteiger partial charge in [0.05, 0.1) is 0 Å². The lowest BCUT2D eigenvalue weighted by Crippen LogP contribution is -1.98. The minimum absolute atomic E-state index is 0.0553. The van der Waals surface area contributed by atoms with Crippen molar-refractivity contribution in [1.29, 1.82) is 0 Å². The van der Waals surface area contributed by atoms with Crippen molar-refractivity contribution in [3.63, 3.8) is 0 Å². The molecule has 0 aliphatic rings. The third-order valence-corrected chi connectivity index (χ3v) is 0.301. The highest BCUT2D eigenvalue weighted by molar-refractivity contribution is 6.50. The molecule has 0 aromatic rings. The fourth-order valence-corrected chi connectivity index (χ4v) is 0.0873. The second-order valence-corrected chi connectivity index (χ2v) is 0.765. The molecule has 4 nitrogen and oxygen atoms in total. The molecule has 0 aliphatic heterocycles. The summed E-state index contributed by atoms with van der Waals surface area (Å²) >= 11 is 0. The zero-order valence-electron chi connectivity index (χ0n) is 3.37. The van der Waals surface area contributed by atoms with Crippen LogP contribution in [0.4, 0.5) is 0 Å². The average Bonchev–Trinajstić information content (AvgIpc) is 1.68. The van der Waals surface area contributed by atoms with E-state index in [-0.39, 0.29) is 6.29 Å². The minimum Gasteiger partial charge on any atom is -0.361 e. The monoisotopic (exact) mass is 98.0 g/mol. The van der Waals surface area contributed by atoms with Gasteiger partial charge in [0.1, 0.15) is 0 Å². The van der Waals surface area contributed by atoms with E-state index in [1.54, 1.807) is 0 Å². The second kappa shape index (κ2) is 2.93. The number of Topliss-reactive ketones (excluding diaryl/α,β-unsaturated/α-hetero) is 1. The molecule has 0 aromatic heterocycles. The largest absolute Gasteiger partial charge is 0.361 e. The van der Waals surface area contributed by atoms with Gasteiger partial charge in [-0.1, -0.05) is 0 Å². The molecule has 7 heavy (non-hydrogen) atoms. The zero-order chi connectivity index (χ0) is 5.70. The molecule has 0 atom stereocenters. The first-order valence-corrected chi connectivity index (χ1v) is 1.48. The summed E-state index contributed by atoms with van der Waals surface area (Å²) in [6, 6.07) is 0. The lowest BCUT2D eigenvalue weighted by molar-refractivity contribution is -0.127. The number of aldehydes is 1. The van der Waals surface area contributed by atoms with Crippen molar-refractivity contribution in [1.82, 2.24) is 0 Å². The van der Waals surface area contributed by atoms with E-state index in [1.807, 2.05) is 0 Å². The normalized spacial score (nSPS) is 6.29. The van der Waals surface area contributed by atoms with E-state index in [4.69, 9.17) is 5.53 Å². The molecule has 0 radical (unpaired) electrons. The maximum Gasteiger partial charge on any atom is 0.330 e. The highest BCUT2D eigenvalue weighted by Gasteiger charge is 1.94. The molecular formula is C3H2N2O2. The maximum absolute atomic E-state index is 9.73. The Labute approximate surface area is 39.4 Å². The van der Waals surface area contributed by atoms with E-state index >= 15 is 0 Å². The van der Waals surface area contributed by atoms with Crippen LogP contribution in [-0.4, -0.2) is 23.1 Å². The predicted octanol–water partition coefficient (Wildman–Crippen LogP) is -0.945. The van der Waals surface area contributed by atoms with E-state index in [0.717, 1.165) is 0 Å². The van der Waals surface area contributed by atoms with Gasteiger partial charge in [0.25, 0.3) is 5.78 Å². The Morgan fingerprint density at radius 2 is 2.29 bits per heavy atom. The van der Waals surface area contributed by atoms with Crippen LogP contribution in [0.1, 0.15) is 0 Å². The fraction of sp³-hybridized carbons (Fsp3) is 0. The van der Waals surface area contributed by atoms with Crippen molar-refractivity contribution in [3.8, 4) is 0 Å². The standard InChI is InChI=1S/C3H2N2O2/c4-5-1-3(7)2-6/h1-2H. The van der Waals surface area contributed by atoms with Gasteiger partial charge >= 0.3 is 6.21 Å². The first-order chi connectivity index (χ1) is 3.31. The van der Waals surface area contributed by atoms with E-state index in [0.29, 0.717) is 6.21 Å². The Bertz CT molecular complexity index is 134. The van der Waals surface area contributed by atoms with Gasteiger partial charge < -0.3 is 5.53 Å². The molecule has 0 rings (SSSR count). The molecule has 0 heterocycles. The third kappa shape index (κ3) is 2.52. The molecule has 0 saturated carbocycles. The van der Waals surface area contributed by atoms with Gasteiger partial charge in [-0.3, -0.25) is 9.59 Å². The molecule has 0 N–H and O–H groups in total. The summed E-state index contributed by atoms with van der Waals surface area (Å²) < 4.78 is 0. The Morgan fingerprint density at radius 1 is 1.71 bits per heavy atom. The summed E-state index contributed by atoms with van der Waals surface area (Å²) in [6.45, 7) is 0. The van der Waals surface area contributed by atoms with Crippen LogP contribution in [0.2, 0.25) is 0 Å².